The van der Waals surface area contributed by atoms with Crippen molar-refractivity contribution >= 4 is 8.03 Å². The second-order valence-corrected chi connectivity index (χ2v) is 5.19. The lowest BCUT2D eigenvalue weighted by Crippen LogP contribution is -1.87. The first-order valence-corrected chi connectivity index (χ1v) is 7.10. The number of hydrogen-bond acceptors (Lipinski definition) is 2. The molecule has 0 aliphatic heterocycles. The van der Waals surface area contributed by atoms with Crippen molar-refractivity contribution in [1.82, 2.24) is 0 Å². The van der Waals surface area contributed by atoms with Gasteiger partial charge in [0.05, 0.1) is 6.61 Å². The third kappa shape index (κ3) is 4.18. The molecule has 88 valence electrons. The summed E-state index contributed by atoms with van der Waals surface area (Å²) in [5, 5.41) is 0. The second kappa shape index (κ2) is 6.39. The van der Waals surface area contributed by atoms with E-state index in [1.165, 1.54) is 0 Å². The summed E-state index contributed by atoms with van der Waals surface area (Å²) < 4.78 is 17.1. The summed E-state index contributed by atoms with van der Waals surface area (Å²) in [4.78, 5) is 0. The van der Waals surface area contributed by atoms with Crippen LogP contribution in [0.2, 0.25) is 0 Å². The van der Waals surface area contributed by atoms with Gasteiger partial charge in [-0.3, -0.25) is 4.57 Å². The van der Waals surface area contributed by atoms with Gasteiger partial charge in [-0.1, -0.05) is 60.7 Å². The minimum absolute atomic E-state index is 0.422. The van der Waals surface area contributed by atoms with E-state index < -0.39 is 8.03 Å². The molecule has 2 nitrogen and oxygen atoms in total. The van der Waals surface area contributed by atoms with Crippen LogP contribution in [0, 0.1) is 0 Å². The van der Waals surface area contributed by atoms with Crippen LogP contribution in [0.15, 0.2) is 60.7 Å². The molecule has 0 bridgehead atoms. The van der Waals surface area contributed by atoms with Crippen LogP contribution < -0.4 is 0 Å². The van der Waals surface area contributed by atoms with Crippen LogP contribution in [0.5, 0.6) is 0 Å². The van der Waals surface area contributed by atoms with E-state index in [4.69, 9.17) is 4.52 Å². The van der Waals surface area contributed by atoms with Gasteiger partial charge < -0.3 is 4.52 Å². The molecule has 0 spiro atoms. The normalized spacial score (nSPS) is 12.2. The van der Waals surface area contributed by atoms with Crippen molar-refractivity contribution in [2.75, 3.05) is 0 Å². The second-order valence-electron chi connectivity index (χ2n) is 3.81. The van der Waals surface area contributed by atoms with Crippen LogP contribution in [-0.2, 0) is 21.9 Å². The summed E-state index contributed by atoms with van der Waals surface area (Å²) in [6, 6.07) is 19.6. The fraction of sp³-hybridized carbons (Fsp3) is 0.143. The fourth-order valence-corrected chi connectivity index (χ4v) is 2.55. The van der Waals surface area contributed by atoms with Gasteiger partial charge in [-0.2, -0.15) is 0 Å². The van der Waals surface area contributed by atoms with Crippen molar-refractivity contribution in [1.29, 1.82) is 0 Å². The molecule has 2 aromatic carbocycles. The van der Waals surface area contributed by atoms with Gasteiger partial charge in [0.25, 0.3) is 0 Å². The summed E-state index contributed by atoms with van der Waals surface area (Å²) in [6.07, 6.45) is 0.512. The third-order valence-electron chi connectivity index (χ3n) is 2.43. The average Bonchev–Trinajstić information content (AvgIpc) is 2.39. The summed E-state index contributed by atoms with van der Waals surface area (Å²) in [5.74, 6) is 0. The lowest BCUT2D eigenvalue weighted by atomic mass is 10.2. The van der Waals surface area contributed by atoms with Crippen LogP contribution >= 0.6 is 8.03 Å². The Labute approximate surface area is 102 Å². The molecule has 1 atom stereocenters. The summed E-state index contributed by atoms with van der Waals surface area (Å²) in [6.45, 7) is 0.422. The van der Waals surface area contributed by atoms with Gasteiger partial charge in [-0.05, 0) is 11.1 Å². The maximum absolute atomic E-state index is 11.7. The van der Waals surface area contributed by atoms with Gasteiger partial charge in [0.2, 0.25) is 0 Å². The average molecular weight is 246 g/mol. The standard InChI is InChI=1S/C14H15O2P/c15-17(12-14-9-5-2-6-10-14)16-11-13-7-3-1-4-8-13/h1-10,17H,11-12H2. The molecule has 0 aliphatic rings. The smallest absolute Gasteiger partial charge is 0.196 e. The number of rotatable bonds is 5. The molecule has 0 aliphatic carbocycles. The molecule has 0 saturated heterocycles. The molecular weight excluding hydrogens is 231 g/mol. The van der Waals surface area contributed by atoms with Crippen LogP contribution in [-0.4, -0.2) is 0 Å². The molecule has 1 unspecified atom stereocenters. The SMILES string of the molecule is O=[PH](Cc1ccccc1)OCc1ccccc1. The predicted molar refractivity (Wildman–Crippen MR) is 70.4 cm³/mol. The Kier molecular flexibility index (Phi) is 4.54. The Bertz CT molecular complexity index is 468. The Morgan fingerprint density at radius 1 is 0.824 bits per heavy atom. The highest BCUT2D eigenvalue weighted by atomic mass is 31.1. The quantitative estimate of drug-likeness (QED) is 0.748. The molecule has 0 aromatic heterocycles. The highest BCUT2D eigenvalue weighted by Gasteiger charge is 2.01. The molecule has 2 rings (SSSR count). The van der Waals surface area contributed by atoms with E-state index in [9.17, 15) is 4.57 Å². The highest BCUT2D eigenvalue weighted by molar-refractivity contribution is 7.38. The van der Waals surface area contributed by atoms with Gasteiger partial charge >= 0.3 is 0 Å². The Balaban J connectivity index is 1.83. The number of hydrogen-bond donors (Lipinski definition) is 0. The summed E-state index contributed by atoms with van der Waals surface area (Å²) in [7, 11) is -1.99. The predicted octanol–water partition coefficient (Wildman–Crippen LogP) is 3.88. The minimum Gasteiger partial charge on any atom is -0.325 e. The van der Waals surface area contributed by atoms with Crippen LogP contribution in [0.1, 0.15) is 11.1 Å². The Morgan fingerprint density at radius 2 is 1.35 bits per heavy atom. The molecule has 0 N–H and O–H groups in total. The van der Waals surface area contributed by atoms with Crippen LogP contribution in [0.3, 0.4) is 0 Å². The van der Waals surface area contributed by atoms with Gasteiger partial charge in [-0.25, -0.2) is 0 Å². The lowest BCUT2D eigenvalue weighted by molar-refractivity contribution is 0.318. The molecule has 0 radical (unpaired) electrons. The lowest BCUT2D eigenvalue weighted by Gasteiger charge is -2.04. The zero-order chi connectivity index (χ0) is 11.9. The van der Waals surface area contributed by atoms with E-state index >= 15 is 0 Å². The van der Waals surface area contributed by atoms with Crippen molar-refractivity contribution in [3.8, 4) is 0 Å². The molecule has 0 fully saturated rings. The summed E-state index contributed by atoms with van der Waals surface area (Å²) in [5.41, 5.74) is 2.11. The largest absolute Gasteiger partial charge is 0.325 e. The molecule has 0 heterocycles. The maximum Gasteiger partial charge on any atom is 0.196 e. The molecule has 0 saturated carbocycles. The zero-order valence-electron chi connectivity index (χ0n) is 9.50. The van der Waals surface area contributed by atoms with Crippen LogP contribution in [0.4, 0.5) is 0 Å². The van der Waals surface area contributed by atoms with Crippen LogP contribution in [0.25, 0.3) is 0 Å². The van der Waals surface area contributed by atoms with Gasteiger partial charge in [0.1, 0.15) is 0 Å². The van der Waals surface area contributed by atoms with Crippen molar-refractivity contribution < 1.29 is 9.09 Å². The third-order valence-corrected chi connectivity index (χ3v) is 3.60. The van der Waals surface area contributed by atoms with Crippen molar-refractivity contribution in [3.63, 3.8) is 0 Å². The van der Waals surface area contributed by atoms with E-state index in [1.54, 1.807) is 0 Å². The highest BCUT2D eigenvalue weighted by Crippen LogP contribution is 2.29. The molecule has 17 heavy (non-hydrogen) atoms. The number of benzene rings is 2. The Morgan fingerprint density at radius 3 is 1.94 bits per heavy atom. The first-order valence-electron chi connectivity index (χ1n) is 5.58. The van der Waals surface area contributed by atoms with E-state index in [-0.39, 0.29) is 0 Å². The first-order chi connectivity index (χ1) is 8.34. The minimum atomic E-state index is -1.99. The topological polar surface area (TPSA) is 26.3 Å². The zero-order valence-corrected chi connectivity index (χ0v) is 10.5. The van der Waals surface area contributed by atoms with E-state index in [0.29, 0.717) is 12.8 Å². The van der Waals surface area contributed by atoms with Gasteiger partial charge in [0.15, 0.2) is 8.03 Å². The molecule has 3 heteroatoms. The van der Waals surface area contributed by atoms with Crippen molar-refractivity contribution in [2.45, 2.75) is 12.8 Å². The van der Waals surface area contributed by atoms with Crippen molar-refractivity contribution in [3.05, 3.63) is 71.8 Å². The first kappa shape index (κ1) is 12.1. The summed E-state index contributed by atoms with van der Waals surface area (Å²) >= 11 is 0. The molecule has 0 amide bonds. The molecular formula is C14H15O2P. The van der Waals surface area contributed by atoms with E-state index in [0.717, 1.165) is 11.1 Å². The van der Waals surface area contributed by atoms with Gasteiger partial charge in [-0.15, -0.1) is 0 Å². The van der Waals surface area contributed by atoms with E-state index in [2.05, 4.69) is 0 Å². The van der Waals surface area contributed by atoms with Gasteiger partial charge in [0, 0.05) is 6.16 Å². The van der Waals surface area contributed by atoms with E-state index in [1.807, 2.05) is 60.7 Å². The Hall–Kier alpha value is -1.37. The molecule has 2 aromatic rings. The fourth-order valence-electron chi connectivity index (χ4n) is 1.55. The maximum atomic E-state index is 11.7. The monoisotopic (exact) mass is 246 g/mol. The van der Waals surface area contributed by atoms with Crippen molar-refractivity contribution in [2.24, 2.45) is 0 Å².